The Balaban J connectivity index is 1.34. The number of aromatic nitrogens is 2. The normalized spacial score (nSPS) is 17.9. The number of anilines is 2. The molecule has 0 bridgehead atoms. The number of nitrogens with zero attached hydrogens (tertiary/aromatic N) is 5. The predicted molar refractivity (Wildman–Crippen MR) is 104 cm³/mol. The second-order valence-electron chi connectivity index (χ2n) is 6.84. The molecule has 2 saturated heterocycles. The fourth-order valence-corrected chi connectivity index (χ4v) is 3.50. The largest absolute Gasteiger partial charge is 0.378 e. The van der Waals surface area contributed by atoms with Gasteiger partial charge in [-0.2, -0.15) is 4.98 Å². The van der Waals surface area contributed by atoms with Crippen LogP contribution in [-0.2, 0) is 16.0 Å². The molecule has 0 atom stereocenters. The molecule has 2 aromatic rings. The van der Waals surface area contributed by atoms with Gasteiger partial charge in [0.1, 0.15) is 5.82 Å². The molecule has 0 aliphatic carbocycles. The van der Waals surface area contributed by atoms with Crippen molar-refractivity contribution in [3.05, 3.63) is 48.2 Å². The third-order valence-corrected chi connectivity index (χ3v) is 5.08. The molecule has 2 aliphatic heterocycles. The molecular formula is C20H25N5O2. The molecule has 0 unspecified atom stereocenters. The van der Waals surface area contributed by atoms with Gasteiger partial charge in [0, 0.05) is 45.5 Å². The van der Waals surface area contributed by atoms with E-state index in [4.69, 9.17) is 9.72 Å². The van der Waals surface area contributed by atoms with Crippen molar-refractivity contribution in [2.24, 2.45) is 0 Å². The van der Waals surface area contributed by atoms with Gasteiger partial charge in [0.25, 0.3) is 0 Å². The minimum Gasteiger partial charge on any atom is -0.378 e. The lowest BCUT2D eigenvalue weighted by molar-refractivity contribution is -0.130. The van der Waals surface area contributed by atoms with E-state index in [9.17, 15) is 4.79 Å². The summed E-state index contributed by atoms with van der Waals surface area (Å²) >= 11 is 0. The van der Waals surface area contributed by atoms with Crippen LogP contribution in [0.3, 0.4) is 0 Å². The van der Waals surface area contributed by atoms with Crippen LogP contribution in [0.25, 0.3) is 0 Å². The summed E-state index contributed by atoms with van der Waals surface area (Å²) in [5.41, 5.74) is 1.07. The molecule has 2 fully saturated rings. The van der Waals surface area contributed by atoms with E-state index in [2.05, 4.69) is 14.8 Å². The summed E-state index contributed by atoms with van der Waals surface area (Å²) in [6.07, 6.45) is 2.29. The van der Waals surface area contributed by atoms with E-state index < -0.39 is 0 Å². The smallest absolute Gasteiger partial charge is 0.227 e. The summed E-state index contributed by atoms with van der Waals surface area (Å²) in [5.74, 6) is 1.89. The lowest BCUT2D eigenvalue weighted by Gasteiger charge is -2.36. The van der Waals surface area contributed by atoms with Crippen LogP contribution in [0.4, 0.5) is 11.8 Å². The zero-order valence-corrected chi connectivity index (χ0v) is 15.5. The number of rotatable bonds is 4. The number of hydrogen-bond donors (Lipinski definition) is 0. The van der Waals surface area contributed by atoms with Gasteiger partial charge in [-0.25, -0.2) is 4.98 Å². The van der Waals surface area contributed by atoms with Crippen molar-refractivity contribution < 1.29 is 9.53 Å². The Morgan fingerprint density at radius 3 is 2.41 bits per heavy atom. The topological polar surface area (TPSA) is 61.8 Å². The fraction of sp³-hybridized carbons (Fsp3) is 0.450. The molecule has 27 heavy (non-hydrogen) atoms. The lowest BCUT2D eigenvalue weighted by atomic mass is 10.1. The van der Waals surface area contributed by atoms with Gasteiger partial charge >= 0.3 is 0 Å². The first-order valence-electron chi connectivity index (χ1n) is 9.52. The number of carbonyl (C=O) groups is 1. The summed E-state index contributed by atoms with van der Waals surface area (Å²) in [6, 6.07) is 11.9. The number of carbonyl (C=O) groups excluding carboxylic acids is 1. The van der Waals surface area contributed by atoms with E-state index >= 15 is 0 Å². The van der Waals surface area contributed by atoms with Crippen LogP contribution in [0.5, 0.6) is 0 Å². The van der Waals surface area contributed by atoms with Crippen LogP contribution in [0.1, 0.15) is 5.56 Å². The van der Waals surface area contributed by atoms with E-state index in [1.807, 2.05) is 47.5 Å². The highest BCUT2D eigenvalue weighted by molar-refractivity contribution is 5.79. The van der Waals surface area contributed by atoms with Gasteiger partial charge in [-0.3, -0.25) is 4.79 Å². The standard InChI is InChI=1S/C20H25N5O2/c26-19(16-17-4-2-1-3-5-17)24-10-8-23(9-11-24)18-6-7-21-20(22-18)25-12-14-27-15-13-25/h1-7H,8-16H2. The van der Waals surface area contributed by atoms with Crippen molar-refractivity contribution in [1.82, 2.24) is 14.9 Å². The summed E-state index contributed by atoms with van der Waals surface area (Å²) in [7, 11) is 0. The van der Waals surface area contributed by atoms with Gasteiger partial charge in [-0.15, -0.1) is 0 Å². The van der Waals surface area contributed by atoms with Gasteiger partial charge < -0.3 is 19.4 Å². The molecule has 2 aliphatic rings. The highest BCUT2D eigenvalue weighted by Crippen LogP contribution is 2.18. The third kappa shape index (κ3) is 4.36. The number of ether oxygens (including phenoxy) is 1. The molecule has 7 nitrogen and oxygen atoms in total. The maximum absolute atomic E-state index is 12.5. The molecule has 0 N–H and O–H groups in total. The second kappa shape index (κ2) is 8.35. The van der Waals surface area contributed by atoms with Gasteiger partial charge in [0.15, 0.2) is 0 Å². The molecule has 1 aromatic heterocycles. The van der Waals surface area contributed by atoms with Crippen molar-refractivity contribution >= 4 is 17.7 Å². The Kier molecular flexibility index (Phi) is 5.48. The molecule has 3 heterocycles. The Morgan fingerprint density at radius 1 is 0.926 bits per heavy atom. The third-order valence-electron chi connectivity index (χ3n) is 5.08. The first-order chi connectivity index (χ1) is 13.3. The van der Waals surface area contributed by atoms with Crippen molar-refractivity contribution in [3.63, 3.8) is 0 Å². The number of piperazine rings is 1. The Labute approximate surface area is 159 Å². The van der Waals surface area contributed by atoms with Crippen LogP contribution in [0, 0.1) is 0 Å². The molecule has 7 heteroatoms. The zero-order chi connectivity index (χ0) is 18.5. The van der Waals surface area contributed by atoms with Crippen molar-refractivity contribution in [3.8, 4) is 0 Å². The molecular weight excluding hydrogens is 342 g/mol. The monoisotopic (exact) mass is 367 g/mol. The molecule has 1 amide bonds. The van der Waals surface area contributed by atoms with Gasteiger partial charge in [-0.05, 0) is 11.6 Å². The highest BCUT2D eigenvalue weighted by Gasteiger charge is 2.23. The van der Waals surface area contributed by atoms with Crippen LogP contribution >= 0.6 is 0 Å². The van der Waals surface area contributed by atoms with Gasteiger partial charge in [-0.1, -0.05) is 30.3 Å². The summed E-state index contributed by atoms with van der Waals surface area (Å²) in [6.45, 7) is 6.12. The van der Waals surface area contributed by atoms with Crippen molar-refractivity contribution in [2.75, 3.05) is 62.3 Å². The average molecular weight is 367 g/mol. The Morgan fingerprint density at radius 2 is 1.67 bits per heavy atom. The maximum Gasteiger partial charge on any atom is 0.227 e. The number of hydrogen-bond acceptors (Lipinski definition) is 6. The average Bonchev–Trinajstić information content (AvgIpc) is 2.75. The number of amides is 1. The zero-order valence-electron chi connectivity index (χ0n) is 15.5. The predicted octanol–water partition coefficient (Wildman–Crippen LogP) is 1.20. The molecule has 0 spiro atoms. The molecule has 0 radical (unpaired) electrons. The number of morpholine rings is 1. The molecule has 1 aromatic carbocycles. The van der Waals surface area contributed by atoms with Gasteiger partial charge in [0.05, 0.1) is 19.6 Å². The Bertz CT molecular complexity index is 756. The van der Waals surface area contributed by atoms with E-state index in [0.29, 0.717) is 6.42 Å². The second-order valence-corrected chi connectivity index (χ2v) is 6.84. The van der Waals surface area contributed by atoms with E-state index in [1.165, 1.54) is 0 Å². The van der Waals surface area contributed by atoms with E-state index in [0.717, 1.165) is 69.8 Å². The molecule has 0 saturated carbocycles. The fourth-order valence-electron chi connectivity index (χ4n) is 3.50. The van der Waals surface area contributed by atoms with E-state index in [-0.39, 0.29) is 5.91 Å². The maximum atomic E-state index is 12.5. The minimum atomic E-state index is 0.192. The summed E-state index contributed by atoms with van der Waals surface area (Å²) < 4.78 is 5.40. The first-order valence-corrected chi connectivity index (χ1v) is 9.52. The van der Waals surface area contributed by atoms with E-state index in [1.54, 1.807) is 0 Å². The first kappa shape index (κ1) is 17.7. The lowest BCUT2D eigenvalue weighted by Crippen LogP contribution is -2.49. The minimum absolute atomic E-state index is 0.192. The molecule has 142 valence electrons. The summed E-state index contributed by atoms with van der Waals surface area (Å²) in [5, 5.41) is 0. The quantitative estimate of drug-likeness (QED) is 0.809. The van der Waals surface area contributed by atoms with Gasteiger partial charge in [0.2, 0.25) is 11.9 Å². The van der Waals surface area contributed by atoms with Crippen LogP contribution < -0.4 is 9.80 Å². The van der Waals surface area contributed by atoms with Crippen molar-refractivity contribution in [1.29, 1.82) is 0 Å². The van der Waals surface area contributed by atoms with Crippen LogP contribution in [-0.4, -0.2) is 73.3 Å². The summed E-state index contributed by atoms with van der Waals surface area (Å²) in [4.78, 5) is 28.0. The highest BCUT2D eigenvalue weighted by atomic mass is 16.5. The Hall–Kier alpha value is -2.67. The number of benzene rings is 1. The van der Waals surface area contributed by atoms with Crippen LogP contribution in [0.2, 0.25) is 0 Å². The van der Waals surface area contributed by atoms with Crippen LogP contribution in [0.15, 0.2) is 42.6 Å². The molecule has 4 rings (SSSR count). The van der Waals surface area contributed by atoms with Crippen molar-refractivity contribution in [2.45, 2.75) is 6.42 Å². The SMILES string of the molecule is O=C(Cc1ccccc1)N1CCN(c2ccnc(N3CCOCC3)n2)CC1.